The Morgan fingerprint density at radius 2 is 1.85 bits per heavy atom. The fraction of sp³-hybridized carbons (Fsp3) is 0.200. The average molecular weight is 345 g/mol. The van der Waals surface area contributed by atoms with Gasteiger partial charge in [0.1, 0.15) is 5.69 Å². The molecule has 6 nitrogen and oxygen atoms in total. The molecule has 130 valence electrons. The predicted molar refractivity (Wildman–Crippen MR) is 101 cm³/mol. The molecule has 1 aromatic carbocycles. The number of benzene rings is 1. The lowest BCUT2D eigenvalue weighted by Gasteiger charge is -2.09. The molecule has 0 saturated heterocycles. The molecule has 0 aliphatic rings. The van der Waals surface area contributed by atoms with Crippen LogP contribution in [0.4, 0.5) is 0 Å². The molecule has 26 heavy (non-hydrogen) atoms. The van der Waals surface area contributed by atoms with E-state index in [-0.39, 0.29) is 5.56 Å². The third kappa shape index (κ3) is 2.90. The topological polar surface area (TPSA) is 65.1 Å². The Kier molecular flexibility index (Phi) is 4.08. The van der Waals surface area contributed by atoms with Crippen LogP contribution in [0.15, 0.2) is 65.8 Å². The van der Waals surface area contributed by atoms with Gasteiger partial charge in [-0.2, -0.15) is 10.2 Å². The normalized spacial score (nSPS) is 11.3. The van der Waals surface area contributed by atoms with Crippen LogP contribution in [0.5, 0.6) is 0 Å². The van der Waals surface area contributed by atoms with Crippen molar-refractivity contribution in [3.05, 3.63) is 71.4 Å². The zero-order chi connectivity index (χ0) is 18.1. The van der Waals surface area contributed by atoms with Gasteiger partial charge in [-0.1, -0.05) is 44.2 Å². The van der Waals surface area contributed by atoms with Gasteiger partial charge in [-0.25, -0.2) is 9.20 Å². The number of fused-ring (bicyclic) bond motifs is 1. The molecule has 0 radical (unpaired) electrons. The quantitative estimate of drug-likeness (QED) is 0.569. The lowest BCUT2D eigenvalue weighted by Crippen LogP contribution is -2.24. The van der Waals surface area contributed by atoms with Crippen LogP contribution in [0.3, 0.4) is 0 Å². The third-order valence-electron chi connectivity index (χ3n) is 4.15. The number of aromatic nitrogens is 5. The van der Waals surface area contributed by atoms with Crippen LogP contribution in [-0.4, -0.2) is 24.4 Å². The van der Waals surface area contributed by atoms with Crippen molar-refractivity contribution in [2.24, 2.45) is 5.92 Å². The maximum absolute atomic E-state index is 12.2. The average Bonchev–Trinajstić information content (AvgIpc) is 3.03. The molecule has 3 heterocycles. The van der Waals surface area contributed by atoms with Crippen LogP contribution >= 0.6 is 0 Å². The standard InChI is InChI=1S/C20H19N5O/c1-14(2)13-25-18(26)9-8-16(22-25)19-17-12-21-10-11-24(17)23-20(19)15-6-4-3-5-7-15/h3-12,14H,13H2,1-2H3. The molecule has 0 aliphatic heterocycles. The van der Waals surface area contributed by atoms with E-state index in [1.165, 1.54) is 4.68 Å². The van der Waals surface area contributed by atoms with Crippen molar-refractivity contribution in [2.45, 2.75) is 20.4 Å². The smallest absolute Gasteiger partial charge is 0.266 e. The van der Waals surface area contributed by atoms with Crippen LogP contribution in [0.2, 0.25) is 0 Å². The zero-order valence-corrected chi connectivity index (χ0v) is 14.7. The second-order valence-corrected chi connectivity index (χ2v) is 6.63. The van der Waals surface area contributed by atoms with E-state index in [9.17, 15) is 4.79 Å². The predicted octanol–water partition coefficient (Wildman–Crippen LogP) is 3.28. The first kappa shape index (κ1) is 16.2. The second kappa shape index (κ2) is 6.55. The van der Waals surface area contributed by atoms with Crippen molar-refractivity contribution in [3.63, 3.8) is 0 Å². The van der Waals surface area contributed by atoms with Crippen LogP contribution in [0, 0.1) is 5.92 Å². The van der Waals surface area contributed by atoms with Crippen LogP contribution in [0.25, 0.3) is 28.0 Å². The number of hydrogen-bond donors (Lipinski definition) is 0. The monoisotopic (exact) mass is 345 g/mol. The highest BCUT2D eigenvalue weighted by molar-refractivity contribution is 5.90. The molecule has 3 aromatic heterocycles. The first-order valence-electron chi connectivity index (χ1n) is 8.60. The molecule has 0 unspecified atom stereocenters. The van der Waals surface area contributed by atoms with E-state index >= 15 is 0 Å². The van der Waals surface area contributed by atoms with Crippen molar-refractivity contribution in [1.29, 1.82) is 0 Å². The van der Waals surface area contributed by atoms with E-state index in [0.29, 0.717) is 18.2 Å². The summed E-state index contributed by atoms with van der Waals surface area (Å²) in [6.45, 7) is 4.70. The summed E-state index contributed by atoms with van der Waals surface area (Å²) < 4.78 is 3.32. The van der Waals surface area contributed by atoms with E-state index in [2.05, 4.69) is 23.9 Å². The molecular weight excluding hydrogens is 326 g/mol. The number of hydrogen-bond acceptors (Lipinski definition) is 4. The summed E-state index contributed by atoms with van der Waals surface area (Å²) in [6.07, 6.45) is 5.29. The summed E-state index contributed by atoms with van der Waals surface area (Å²) in [6, 6.07) is 13.3. The maximum atomic E-state index is 12.2. The Bertz CT molecular complexity index is 1110. The van der Waals surface area contributed by atoms with Gasteiger partial charge >= 0.3 is 0 Å². The Balaban J connectivity index is 1.98. The fourth-order valence-corrected chi connectivity index (χ4v) is 3.01. The van der Waals surface area contributed by atoms with Gasteiger partial charge in [-0.3, -0.25) is 9.78 Å². The molecule has 0 saturated carbocycles. The lowest BCUT2D eigenvalue weighted by atomic mass is 10.0. The second-order valence-electron chi connectivity index (χ2n) is 6.63. The maximum Gasteiger partial charge on any atom is 0.266 e. The van der Waals surface area contributed by atoms with Gasteiger partial charge in [0.05, 0.1) is 23.0 Å². The van der Waals surface area contributed by atoms with E-state index in [1.807, 2.05) is 36.5 Å². The summed E-state index contributed by atoms with van der Waals surface area (Å²) in [5.41, 5.74) is 4.16. The van der Waals surface area contributed by atoms with Gasteiger partial charge in [0, 0.05) is 30.6 Å². The Morgan fingerprint density at radius 1 is 1.04 bits per heavy atom. The van der Waals surface area contributed by atoms with Gasteiger partial charge in [-0.05, 0) is 12.0 Å². The minimum atomic E-state index is -0.0988. The lowest BCUT2D eigenvalue weighted by molar-refractivity contribution is 0.465. The summed E-state index contributed by atoms with van der Waals surface area (Å²) in [4.78, 5) is 16.4. The molecule has 0 spiro atoms. The van der Waals surface area contributed by atoms with E-state index < -0.39 is 0 Å². The third-order valence-corrected chi connectivity index (χ3v) is 4.15. The molecule has 0 aliphatic carbocycles. The Hall–Kier alpha value is -3.28. The van der Waals surface area contributed by atoms with Crippen molar-refractivity contribution in [2.75, 3.05) is 0 Å². The minimum Gasteiger partial charge on any atom is -0.268 e. The van der Waals surface area contributed by atoms with Gasteiger partial charge in [-0.15, -0.1) is 0 Å². The van der Waals surface area contributed by atoms with Crippen molar-refractivity contribution < 1.29 is 0 Å². The highest BCUT2D eigenvalue weighted by Crippen LogP contribution is 2.33. The van der Waals surface area contributed by atoms with Gasteiger partial charge < -0.3 is 0 Å². The van der Waals surface area contributed by atoms with Crippen molar-refractivity contribution in [3.8, 4) is 22.5 Å². The first-order valence-corrected chi connectivity index (χ1v) is 8.60. The SMILES string of the molecule is CC(C)Cn1nc(-c2c(-c3ccccc3)nn3ccncc23)ccc1=O. The highest BCUT2D eigenvalue weighted by Gasteiger charge is 2.18. The fourth-order valence-electron chi connectivity index (χ4n) is 3.01. The molecule has 0 atom stereocenters. The largest absolute Gasteiger partial charge is 0.268 e. The van der Waals surface area contributed by atoms with Crippen LogP contribution in [0.1, 0.15) is 13.8 Å². The first-order chi connectivity index (χ1) is 12.6. The Morgan fingerprint density at radius 3 is 2.62 bits per heavy atom. The highest BCUT2D eigenvalue weighted by atomic mass is 16.1. The number of rotatable bonds is 4. The summed E-state index contributed by atoms with van der Waals surface area (Å²) in [7, 11) is 0. The van der Waals surface area contributed by atoms with Crippen LogP contribution in [-0.2, 0) is 6.54 Å². The van der Waals surface area contributed by atoms with Crippen molar-refractivity contribution in [1.82, 2.24) is 24.4 Å². The van der Waals surface area contributed by atoms with Gasteiger partial charge in [0.15, 0.2) is 0 Å². The molecule has 0 amide bonds. The molecule has 0 bridgehead atoms. The minimum absolute atomic E-state index is 0.0988. The van der Waals surface area contributed by atoms with Gasteiger partial charge in [0.2, 0.25) is 0 Å². The molecule has 4 rings (SSSR count). The Labute approximate surface area is 150 Å². The molecular formula is C20H19N5O. The summed E-state index contributed by atoms with van der Waals surface area (Å²) in [5.74, 6) is 0.328. The summed E-state index contributed by atoms with van der Waals surface area (Å²) in [5, 5.41) is 9.34. The van der Waals surface area contributed by atoms with Crippen molar-refractivity contribution >= 4 is 5.52 Å². The van der Waals surface area contributed by atoms with E-state index in [0.717, 1.165) is 22.3 Å². The molecule has 0 fully saturated rings. The molecule has 4 aromatic rings. The van der Waals surface area contributed by atoms with E-state index in [4.69, 9.17) is 5.10 Å². The van der Waals surface area contributed by atoms with E-state index in [1.54, 1.807) is 29.0 Å². The zero-order valence-electron chi connectivity index (χ0n) is 14.7. The number of nitrogens with zero attached hydrogens (tertiary/aromatic N) is 5. The van der Waals surface area contributed by atoms with Gasteiger partial charge in [0.25, 0.3) is 5.56 Å². The van der Waals surface area contributed by atoms with Crippen LogP contribution < -0.4 is 5.56 Å². The molecule has 6 heteroatoms. The molecule has 0 N–H and O–H groups in total. The summed E-state index contributed by atoms with van der Waals surface area (Å²) >= 11 is 0.